The van der Waals surface area contributed by atoms with Crippen LogP contribution >= 0.6 is 0 Å². The zero-order valence-electron chi connectivity index (χ0n) is 16.8. The molecule has 28 heavy (non-hydrogen) atoms. The topological polar surface area (TPSA) is 63.9 Å². The molecule has 0 unspecified atom stereocenters. The first-order valence-electron chi connectivity index (χ1n) is 9.68. The monoisotopic (exact) mass is 375 g/mol. The maximum absolute atomic E-state index is 13.0. The Labute approximate surface area is 165 Å². The molecule has 0 N–H and O–H groups in total. The van der Waals surface area contributed by atoms with Gasteiger partial charge in [-0.05, 0) is 35.6 Å². The number of amides is 1. The molecule has 0 saturated heterocycles. The minimum Gasteiger partial charge on any atom is -0.321 e. The van der Waals surface area contributed by atoms with E-state index in [2.05, 4.69) is 48.1 Å². The molecule has 6 nitrogen and oxygen atoms in total. The van der Waals surface area contributed by atoms with Gasteiger partial charge in [0, 0.05) is 42.2 Å². The number of benzene rings is 1. The fraction of sp³-hybridized carbons (Fsp3) is 0.364. The van der Waals surface area contributed by atoms with E-state index in [1.165, 1.54) is 5.56 Å². The molecule has 0 spiro atoms. The Kier molecular flexibility index (Phi) is 4.71. The average molecular weight is 375 g/mol. The maximum atomic E-state index is 13.0. The van der Waals surface area contributed by atoms with Gasteiger partial charge in [0.1, 0.15) is 12.2 Å². The van der Waals surface area contributed by atoms with Crippen molar-refractivity contribution in [3.63, 3.8) is 0 Å². The van der Waals surface area contributed by atoms with E-state index in [-0.39, 0.29) is 11.8 Å². The highest BCUT2D eigenvalue weighted by Gasteiger charge is 2.31. The van der Waals surface area contributed by atoms with Crippen LogP contribution in [0.2, 0.25) is 0 Å². The lowest BCUT2D eigenvalue weighted by atomic mass is 9.97. The number of pyridine rings is 1. The van der Waals surface area contributed by atoms with Crippen molar-refractivity contribution in [1.29, 1.82) is 0 Å². The van der Waals surface area contributed by atoms with E-state index in [0.29, 0.717) is 12.5 Å². The molecule has 3 aromatic rings. The lowest BCUT2D eigenvalue weighted by Gasteiger charge is -2.19. The molecule has 144 valence electrons. The summed E-state index contributed by atoms with van der Waals surface area (Å²) in [6, 6.07) is 10.1. The Morgan fingerprint density at radius 3 is 2.71 bits per heavy atom. The summed E-state index contributed by atoms with van der Waals surface area (Å²) in [5.41, 5.74) is 4.96. The van der Waals surface area contributed by atoms with Gasteiger partial charge in [0.05, 0.1) is 6.54 Å². The second kappa shape index (κ2) is 7.19. The number of hydrogen-bond donors (Lipinski definition) is 0. The number of rotatable bonds is 5. The zero-order valence-corrected chi connectivity index (χ0v) is 16.8. The molecule has 1 amide bonds. The van der Waals surface area contributed by atoms with Gasteiger partial charge in [0.15, 0.2) is 0 Å². The molecule has 2 aromatic heterocycles. The molecule has 4 rings (SSSR count). The van der Waals surface area contributed by atoms with Crippen LogP contribution in [0.4, 0.5) is 5.69 Å². The lowest BCUT2D eigenvalue weighted by molar-refractivity contribution is 0.0996. The third-order valence-electron chi connectivity index (χ3n) is 5.47. The van der Waals surface area contributed by atoms with E-state index in [1.807, 2.05) is 34.7 Å². The number of carbonyl (C=O) groups excluding carboxylic acids is 1. The SMILES string of the molecule is CC(C)c1nccc2c1CN(c1cccc([C@H](C)Cc3nncn3C)c1)C2=O. The quantitative estimate of drug-likeness (QED) is 0.680. The Morgan fingerprint density at radius 2 is 2.00 bits per heavy atom. The number of fused-ring (bicyclic) bond motifs is 1. The van der Waals surface area contributed by atoms with Crippen molar-refractivity contribution < 1.29 is 4.79 Å². The Hall–Kier alpha value is -3.02. The largest absolute Gasteiger partial charge is 0.321 e. The fourth-order valence-corrected chi connectivity index (χ4v) is 3.84. The van der Waals surface area contributed by atoms with Gasteiger partial charge >= 0.3 is 0 Å². The van der Waals surface area contributed by atoms with Crippen LogP contribution in [-0.2, 0) is 20.0 Å². The summed E-state index contributed by atoms with van der Waals surface area (Å²) in [4.78, 5) is 19.4. The molecular formula is C22H25N5O. The molecule has 0 fully saturated rings. The molecule has 1 atom stereocenters. The van der Waals surface area contributed by atoms with E-state index in [4.69, 9.17) is 0 Å². The lowest BCUT2D eigenvalue weighted by Crippen LogP contribution is -2.23. The van der Waals surface area contributed by atoms with Crippen LogP contribution in [0, 0.1) is 0 Å². The summed E-state index contributed by atoms with van der Waals surface area (Å²) in [6.45, 7) is 6.99. The van der Waals surface area contributed by atoms with Gasteiger partial charge in [-0.15, -0.1) is 10.2 Å². The van der Waals surface area contributed by atoms with Crippen LogP contribution in [-0.4, -0.2) is 25.7 Å². The molecule has 1 aliphatic heterocycles. The van der Waals surface area contributed by atoms with Gasteiger partial charge in [-0.2, -0.15) is 0 Å². The first-order valence-corrected chi connectivity index (χ1v) is 9.68. The summed E-state index contributed by atoms with van der Waals surface area (Å²) in [6.07, 6.45) is 4.27. The van der Waals surface area contributed by atoms with E-state index in [1.54, 1.807) is 12.5 Å². The Morgan fingerprint density at radius 1 is 1.18 bits per heavy atom. The zero-order chi connectivity index (χ0) is 19.8. The summed E-state index contributed by atoms with van der Waals surface area (Å²) in [5.74, 6) is 1.57. The normalized spacial score (nSPS) is 14.6. The first kappa shape index (κ1) is 18.3. The van der Waals surface area contributed by atoms with Gasteiger partial charge in [-0.25, -0.2) is 0 Å². The molecule has 1 aliphatic rings. The minimum absolute atomic E-state index is 0.0532. The summed E-state index contributed by atoms with van der Waals surface area (Å²) < 4.78 is 1.95. The molecule has 3 heterocycles. The first-order chi connectivity index (χ1) is 13.5. The van der Waals surface area contributed by atoms with Crippen LogP contribution in [0.25, 0.3) is 0 Å². The molecule has 0 saturated carbocycles. The maximum Gasteiger partial charge on any atom is 0.259 e. The minimum atomic E-state index is 0.0532. The fourth-order valence-electron chi connectivity index (χ4n) is 3.84. The average Bonchev–Trinajstić information content (AvgIpc) is 3.25. The number of hydrogen-bond acceptors (Lipinski definition) is 4. The number of nitrogens with zero attached hydrogens (tertiary/aromatic N) is 5. The van der Waals surface area contributed by atoms with Crippen molar-refractivity contribution in [1.82, 2.24) is 19.7 Å². The highest BCUT2D eigenvalue weighted by atomic mass is 16.2. The number of aryl methyl sites for hydroxylation is 1. The molecule has 0 bridgehead atoms. The van der Waals surface area contributed by atoms with Crippen molar-refractivity contribution >= 4 is 11.6 Å². The van der Waals surface area contributed by atoms with Crippen molar-refractivity contribution in [2.45, 2.75) is 45.6 Å². The van der Waals surface area contributed by atoms with Gasteiger partial charge < -0.3 is 9.47 Å². The highest BCUT2D eigenvalue weighted by molar-refractivity contribution is 6.10. The summed E-state index contributed by atoms with van der Waals surface area (Å²) in [5, 5.41) is 8.15. The standard InChI is InChI=1S/C22H25N5O/c1-14(2)21-19-12-27(22(28)18(19)8-9-23-21)17-7-5-6-16(11-17)15(3)10-20-25-24-13-26(20)4/h5-9,11,13-15H,10,12H2,1-4H3/t15-/m1/s1. The van der Waals surface area contributed by atoms with Crippen LogP contribution < -0.4 is 4.90 Å². The van der Waals surface area contributed by atoms with Crippen molar-refractivity contribution in [2.24, 2.45) is 7.05 Å². The predicted octanol–water partition coefficient (Wildman–Crippen LogP) is 3.84. The second-order valence-electron chi connectivity index (χ2n) is 7.83. The van der Waals surface area contributed by atoms with Gasteiger partial charge in [0.25, 0.3) is 5.91 Å². The highest BCUT2D eigenvalue weighted by Crippen LogP contribution is 2.33. The Balaban J connectivity index is 1.61. The van der Waals surface area contributed by atoms with E-state index < -0.39 is 0 Å². The summed E-state index contributed by atoms with van der Waals surface area (Å²) in [7, 11) is 1.96. The third kappa shape index (κ3) is 3.19. The molecule has 0 radical (unpaired) electrons. The van der Waals surface area contributed by atoms with Crippen LogP contribution in [0.15, 0.2) is 42.9 Å². The predicted molar refractivity (Wildman–Crippen MR) is 108 cm³/mol. The third-order valence-corrected chi connectivity index (χ3v) is 5.47. The van der Waals surface area contributed by atoms with Crippen LogP contribution in [0.5, 0.6) is 0 Å². The van der Waals surface area contributed by atoms with Crippen LogP contribution in [0.1, 0.15) is 65.6 Å². The van der Waals surface area contributed by atoms with E-state index >= 15 is 0 Å². The van der Waals surface area contributed by atoms with E-state index in [9.17, 15) is 4.79 Å². The molecule has 0 aliphatic carbocycles. The molecule has 6 heteroatoms. The van der Waals surface area contributed by atoms with Crippen molar-refractivity contribution in [2.75, 3.05) is 4.90 Å². The molecule has 1 aromatic carbocycles. The number of aromatic nitrogens is 4. The summed E-state index contributed by atoms with van der Waals surface area (Å²) >= 11 is 0. The second-order valence-corrected chi connectivity index (χ2v) is 7.83. The number of carbonyl (C=O) groups is 1. The van der Waals surface area contributed by atoms with Crippen molar-refractivity contribution in [3.05, 3.63) is 71.1 Å². The van der Waals surface area contributed by atoms with Gasteiger partial charge in [-0.1, -0.05) is 32.9 Å². The van der Waals surface area contributed by atoms with Crippen LogP contribution in [0.3, 0.4) is 0 Å². The molecular weight excluding hydrogens is 350 g/mol. The van der Waals surface area contributed by atoms with Crippen molar-refractivity contribution in [3.8, 4) is 0 Å². The Bertz CT molecular complexity index is 1020. The van der Waals surface area contributed by atoms with Gasteiger partial charge in [-0.3, -0.25) is 9.78 Å². The van der Waals surface area contributed by atoms with Gasteiger partial charge in [0.2, 0.25) is 0 Å². The smallest absolute Gasteiger partial charge is 0.259 e. The van der Waals surface area contributed by atoms with E-state index in [0.717, 1.165) is 34.8 Å². The number of anilines is 1.